The molecule has 0 saturated heterocycles. The van der Waals surface area contributed by atoms with Gasteiger partial charge in [0.1, 0.15) is 17.4 Å². The lowest BCUT2D eigenvalue weighted by atomic mass is 10.1. The number of hydrogen-bond donors (Lipinski definition) is 3. The fourth-order valence-corrected chi connectivity index (χ4v) is 6.40. The van der Waals surface area contributed by atoms with Gasteiger partial charge in [0.2, 0.25) is 10.0 Å². The number of nitrogens with one attached hydrogen (secondary N) is 2. The van der Waals surface area contributed by atoms with Gasteiger partial charge in [-0.15, -0.1) is 0 Å². The van der Waals surface area contributed by atoms with E-state index in [2.05, 4.69) is 22.2 Å². The second kappa shape index (κ2) is 12.4. The van der Waals surface area contributed by atoms with Crippen LogP contribution in [-0.2, 0) is 26.5 Å². The summed E-state index contributed by atoms with van der Waals surface area (Å²) >= 11 is 0. The molecule has 0 spiro atoms. The fraction of sp³-hybridized carbons (Fsp3) is 0.129. The number of halogens is 1. The first kappa shape index (κ1) is 30.0. The van der Waals surface area contributed by atoms with E-state index in [1.54, 1.807) is 37.4 Å². The molecule has 1 heterocycles. The third-order valence-corrected chi connectivity index (χ3v) is 9.24. The Labute approximate surface area is 249 Å². The normalized spacial score (nSPS) is 14.3. The van der Waals surface area contributed by atoms with Gasteiger partial charge in [0.05, 0.1) is 34.1 Å². The summed E-state index contributed by atoms with van der Waals surface area (Å²) in [6, 6.07) is 27.8. The average molecular weight is 621 g/mol. The van der Waals surface area contributed by atoms with Gasteiger partial charge in [-0.05, 0) is 96.8 Å². The number of anilines is 2. The van der Waals surface area contributed by atoms with Gasteiger partial charge >= 0.3 is 0 Å². The molecule has 1 atom stereocenters. The second-order valence-electron chi connectivity index (χ2n) is 9.79. The van der Waals surface area contributed by atoms with Crippen LogP contribution in [0.15, 0.2) is 113 Å². The van der Waals surface area contributed by atoms with E-state index in [-0.39, 0.29) is 15.8 Å². The molecule has 0 radical (unpaired) electrons. The summed E-state index contributed by atoms with van der Waals surface area (Å²) in [5.74, 6) is 1.04. The first-order valence-electron chi connectivity index (χ1n) is 13.2. The smallest absolute Gasteiger partial charge is 0.261 e. The van der Waals surface area contributed by atoms with Crippen LogP contribution in [0, 0.1) is 5.82 Å². The molecule has 0 amide bonds. The number of methoxy groups -OCH3 is 1. The first-order valence-corrected chi connectivity index (χ1v) is 16.3. The maximum Gasteiger partial charge on any atom is 0.261 e. The molecular weight excluding hydrogens is 591 g/mol. The molecule has 1 aliphatic carbocycles. The number of aryl methyl sites for hydroxylation is 1. The van der Waals surface area contributed by atoms with E-state index in [1.807, 2.05) is 24.3 Å². The number of ether oxygens (including phenoxy) is 1. The average Bonchev–Trinajstić information content (AvgIpc) is 3.39. The molecule has 4 N–H and O–H groups in total. The fourth-order valence-electron chi connectivity index (χ4n) is 4.79. The number of nitrogens with two attached hydrogens (primary N) is 1. The Balaban J connectivity index is 0.000000314. The molecule has 0 fully saturated rings. The lowest BCUT2D eigenvalue weighted by molar-refractivity contribution is 0.414. The third kappa shape index (κ3) is 7.11. The van der Waals surface area contributed by atoms with Crippen LogP contribution in [0.1, 0.15) is 23.6 Å². The van der Waals surface area contributed by atoms with Gasteiger partial charge in [-0.1, -0.05) is 30.3 Å². The van der Waals surface area contributed by atoms with E-state index in [1.165, 1.54) is 35.4 Å². The van der Waals surface area contributed by atoms with Crippen molar-refractivity contribution in [1.29, 1.82) is 0 Å². The topological polar surface area (TPSA) is 140 Å². The number of aromatic nitrogens is 1. The van der Waals surface area contributed by atoms with Gasteiger partial charge in [0.15, 0.2) is 0 Å². The first-order chi connectivity index (χ1) is 20.5. The van der Waals surface area contributed by atoms with Crippen molar-refractivity contribution < 1.29 is 26.0 Å². The number of sulfonamides is 2. The number of benzene rings is 4. The van der Waals surface area contributed by atoms with Crippen molar-refractivity contribution >= 4 is 42.5 Å². The van der Waals surface area contributed by atoms with Gasteiger partial charge in [0.25, 0.3) is 10.0 Å². The summed E-state index contributed by atoms with van der Waals surface area (Å²) in [7, 11) is -5.71. The van der Waals surface area contributed by atoms with Crippen molar-refractivity contribution in [2.75, 3.05) is 17.1 Å². The molecule has 222 valence electrons. The van der Waals surface area contributed by atoms with Crippen LogP contribution < -0.4 is 19.9 Å². The monoisotopic (exact) mass is 620 g/mol. The van der Waals surface area contributed by atoms with Crippen LogP contribution in [0.25, 0.3) is 10.9 Å². The van der Waals surface area contributed by atoms with Gasteiger partial charge in [-0.2, -0.15) is 0 Å². The second-order valence-corrected chi connectivity index (χ2v) is 13.0. The minimum Gasteiger partial charge on any atom is -0.497 e. The Morgan fingerprint density at radius 1 is 0.860 bits per heavy atom. The Morgan fingerprint density at radius 2 is 1.60 bits per heavy atom. The van der Waals surface area contributed by atoms with Crippen LogP contribution in [0.5, 0.6) is 5.75 Å². The Kier molecular flexibility index (Phi) is 8.62. The van der Waals surface area contributed by atoms with Crippen LogP contribution in [0.4, 0.5) is 15.9 Å². The van der Waals surface area contributed by atoms with Crippen LogP contribution in [-0.4, -0.2) is 28.9 Å². The Morgan fingerprint density at radius 3 is 2.28 bits per heavy atom. The highest BCUT2D eigenvalue weighted by Crippen LogP contribution is 2.36. The Hall–Kier alpha value is -4.52. The summed E-state index contributed by atoms with van der Waals surface area (Å²) in [6.07, 6.45) is 1.94. The van der Waals surface area contributed by atoms with E-state index in [0.717, 1.165) is 30.7 Å². The largest absolute Gasteiger partial charge is 0.497 e. The zero-order valence-electron chi connectivity index (χ0n) is 23.1. The van der Waals surface area contributed by atoms with Crippen LogP contribution >= 0.6 is 0 Å². The van der Waals surface area contributed by atoms with E-state index in [4.69, 9.17) is 14.9 Å². The van der Waals surface area contributed by atoms with Gasteiger partial charge < -0.3 is 10.1 Å². The maximum absolute atomic E-state index is 13.2. The van der Waals surface area contributed by atoms with Crippen molar-refractivity contribution in [3.05, 3.63) is 120 Å². The summed E-state index contributed by atoms with van der Waals surface area (Å²) in [4.78, 5) is 4.84. The minimum absolute atomic E-state index is 0.0116. The lowest BCUT2D eigenvalue weighted by Crippen LogP contribution is -2.13. The zero-order valence-corrected chi connectivity index (χ0v) is 24.7. The molecular formula is C31H29FN4O5S2. The highest BCUT2D eigenvalue weighted by molar-refractivity contribution is 7.92. The van der Waals surface area contributed by atoms with E-state index >= 15 is 0 Å². The third-order valence-electron chi connectivity index (χ3n) is 6.92. The maximum atomic E-state index is 13.2. The summed E-state index contributed by atoms with van der Waals surface area (Å²) in [5, 5.41) is 9.00. The molecule has 6 rings (SSSR count). The molecule has 0 aliphatic heterocycles. The minimum atomic E-state index is -3.86. The zero-order chi connectivity index (χ0) is 30.6. The predicted octanol–water partition coefficient (Wildman–Crippen LogP) is 5.62. The summed E-state index contributed by atoms with van der Waals surface area (Å²) in [6.45, 7) is 0. The van der Waals surface area contributed by atoms with Crippen molar-refractivity contribution in [3.63, 3.8) is 0 Å². The number of primary sulfonamides is 1. The quantitative estimate of drug-likeness (QED) is 0.215. The molecule has 0 saturated carbocycles. The number of fused-ring (bicyclic) bond motifs is 2. The number of nitrogens with zero attached hydrogens (tertiary/aromatic N) is 1. The van der Waals surface area contributed by atoms with Crippen molar-refractivity contribution in [1.82, 2.24) is 4.98 Å². The van der Waals surface area contributed by atoms with Gasteiger partial charge in [0, 0.05) is 5.39 Å². The summed E-state index contributed by atoms with van der Waals surface area (Å²) in [5.41, 5.74) is 3.57. The lowest BCUT2D eigenvalue weighted by Gasteiger charge is -2.16. The van der Waals surface area contributed by atoms with E-state index in [0.29, 0.717) is 22.4 Å². The van der Waals surface area contributed by atoms with Crippen LogP contribution in [0.2, 0.25) is 0 Å². The molecule has 0 bridgehead atoms. The van der Waals surface area contributed by atoms with Gasteiger partial charge in [-0.25, -0.2) is 31.3 Å². The number of rotatable bonds is 7. The van der Waals surface area contributed by atoms with E-state index in [9.17, 15) is 21.2 Å². The van der Waals surface area contributed by atoms with E-state index < -0.39 is 25.9 Å². The predicted molar refractivity (Wildman–Crippen MR) is 164 cm³/mol. The molecule has 43 heavy (non-hydrogen) atoms. The molecule has 1 aliphatic rings. The highest BCUT2D eigenvalue weighted by Gasteiger charge is 2.23. The highest BCUT2D eigenvalue weighted by atomic mass is 32.2. The number of pyridine rings is 1. The molecule has 1 unspecified atom stereocenters. The SMILES string of the molecule is COc1ccc2c(c1)C(Nc1ccc3c(NS(=O)(=O)c4ccc(F)cc4)cccc3n1)CC2.NS(=O)(=O)c1ccccc1. The Bertz CT molecular complexity index is 1970. The van der Waals surface area contributed by atoms with Crippen molar-refractivity contribution in [2.45, 2.75) is 28.7 Å². The molecule has 4 aromatic carbocycles. The van der Waals surface area contributed by atoms with Crippen LogP contribution in [0.3, 0.4) is 0 Å². The molecule has 1 aromatic heterocycles. The molecule has 9 nitrogen and oxygen atoms in total. The van der Waals surface area contributed by atoms with Crippen molar-refractivity contribution in [3.8, 4) is 5.75 Å². The summed E-state index contributed by atoms with van der Waals surface area (Å²) < 4.78 is 67.9. The standard InChI is InChI=1S/C25H22FN3O3S.C6H7NO2S/c1-32-18-9-5-16-6-13-23(21(16)15-18)28-25-14-12-20-22(27-25)3-2-4-24(20)29-33(30,31)19-10-7-17(26)8-11-19;7-10(8,9)6-4-2-1-3-5-6/h2-5,7-12,14-15,23,29H,6,13H2,1H3,(H,27,28);1-5H,(H2,7,8,9). The number of hydrogen-bond acceptors (Lipinski definition) is 7. The van der Waals surface area contributed by atoms with Crippen molar-refractivity contribution in [2.24, 2.45) is 5.14 Å². The molecule has 12 heteroatoms. The molecule has 5 aromatic rings. The van der Waals surface area contributed by atoms with Gasteiger partial charge in [-0.3, -0.25) is 4.72 Å².